The van der Waals surface area contributed by atoms with E-state index in [0.717, 1.165) is 16.7 Å². The van der Waals surface area contributed by atoms with E-state index in [0.29, 0.717) is 23.1 Å². The first-order chi connectivity index (χ1) is 15.4. The lowest BCUT2D eigenvalue weighted by atomic mass is 9.75. The Morgan fingerprint density at radius 1 is 0.844 bits per heavy atom. The van der Waals surface area contributed by atoms with Gasteiger partial charge in [-0.15, -0.1) is 0 Å². The molecule has 3 aromatic rings. The van der Waals surface area contributed by atoms with Crippen LogP contribution < -0.4 is 0 Å². The highest BCUT2D eigenvalue weighted by atomic mass is 16.6. The first kappa shape index (κ1) is 19.9. The number of fused-ring (bicyclic) bond motifs is 1. The summed E-state index contributed by atoms with van der Waals surface area (Å²) in [4.78, 5) is 37.4. The van der Waals surface area contributed by atoms with Crippen molar-refractivity contribution in [3.63, 3.8) is 0 Å². The minimum absolute atomic E-state index is 0.0264. The van der Waals surface area contributed by atoms with E-state index in [1.165, 1.54) is 12.1 Å². The van der Waals surface area contributed by atoms with Crippen LogP contribution in [-0.2, 0) is 4.74 Å². The molecule has 2 unspecified atom stereocenters. The second kappa shape index (κ2) is 7.57. The summed E-state index contributed by atoms with van der Waals surface area (Å²) in [7, 11) is 0. The molecule has 6 nitrogen and oxygen atoms in total. The average Bonchev–Trinajstić information content (AvgIpc) is 2.82. The van der Waals surface area contributed by atoms with Crippen molar-refractivity contribution in [3.05, 3.63) is 122 Å². The number of nitro benzene ring substituents is 1. The SMILES string of the molecule is Cc1ccc(C2CC(c3ccc([N+](=O)[O-])cc3)C3=C(O2)C(=O)c2ccccc2C3=O)cc1. The zero-order valence-corrected chi connectivity index (χ0v) is 17.3. The summed E-state index contributed by atoms with van der Waals surface area (Å²) < 4.78 is 6.17. The highest BCUT2D eigenvalue weighted by molar-refractivity contribution is 6.26. The van der Waals surface area contributed by atoms with E-state index in [4.69, 9.17) is 4.74 Å². The molecule has 3 aromatic carbocycles. The molecule has 32 heavy (non-hydrogen) atoms. The molecular weight excluding hydrogens is 406 g/mol. The van der Waals surface area contributed by atoms with Gasteiger partial charge in [-0.1, -0.05) is 66.2 Å². The van der Waals surface area contributed by atoms with Gasteiger partial charge in [-0.05, 0) is 24.5 Å². The lowest BCUT2D eigenvalue weighted by Gasteiger charge is -2.36. The van der Waals surface area contributed by atoms with E-state index in [-0.39, 0.29) is 23.0 Å². The van der Waals surface area contributed by atoms with Crippen LogP contribution in [0, 0.1) is 17.0 Å². The number of allylic oxidation sites excluding steroid dienone is 2. The molecule has 0 bridgehead atoms. The third-order valence-electron chi connectivity index (χ3n) is 6.13. The van der Waals surface area contributed by atoms with Crippen molar-refractivity contribution in [3.8, 4) is 0 Å². The molecule has 0 aromatic heterocycles. The summed E-state index contributed by atoms with van der Waals surface area (Å²) >= 11 is 0. The van der Waals surface area contributed by atoms with E-state index in [9.17, 15) is 19.7 Å². The number of carbonyl (C=O) groups is 2. The number of non-ortho nitro benzene ring substituents is 1. The van der Waals surface area contributed by atoms with Crippen LogP contribution in [0.4, 0.5) is 5.69 Å². The van der Waals surface area contributed by atoms with Crippen LogP contribution in [0.1, 0.15) is 55.8 Å². The number of aryl methyl sites for hydroxylation is 1. The normalized spacial score (nSPS) is 19.8. The maximum absolute atomic E-state index is 13.4. The molecular formula is C26H19NO5. The van der Waals surface area contributed by atoms with Gasteiger partial charge in [0.1, 0.15) is 6.10 Å². The molecule has 0 radical (unpaired) electrons. The van der Waals surface area contributed by atoms with Crippen molar-refractivity contribution in [1.29, 1.82) is 0 Å². The average molecular weight is 425 g/mol. The molecule has 0 spiro atoms. The summed E-state index contributed by atoms with van der Waals surface area (Å²) in [5.74, 6) is -0.885. The van der Waals surface area contributed by atoms with E-state index in [1.807, 2.05) is 31.2 Å². The van der Waals surface area contributed by atoms with Gasteiger partial charge in [-0.2, -0.15) is 0 Å². The highest BCUT2D eigenvalue weighted by Gasteiger charge is 2.43. The van der Waals surface area contributed by atoms with Crippen molar-refractivity contribution in [2.24, 2.45) is 0 Å². The fourth-order valence-corrected chi connectivity index (χ4v) is 4.44. The third-order valence-corrected chi connectivity index (χ3v) is 6.13. The number of nitro groups is 1. The summed E-state index contributed by atoms with van der Waals surface area (Å²) in [6.45, 7) is 1.99. The van der Waals surface area contributed by atoms with Gasteiger partial charge in [0.25, 0.3) is 5.69 Å². The fraction of sp³-hybridized carbons (Fsp3) is 0.154. The van der Waals surface area contributed by atoms with E-state index in [1.54, 1.807) is 36.4 Å². The van der Waals surface area contributed by atoms with E-state index >= 15 is 0 Å². The largest absolute Gasteiger partial charge is 0.481 e. The van der Waals surface area contributed by atoms with Gasteiger partial charge in [0.2, 0.25) is 5.78 Å². The summed E-state index contributed by atoms with van der Waals surface area (Å²) in [6, 6.07) is 20.8. The van der Waals surface area contributed by atoms with Crippen LogP contribution in [0.15, 0.2) is 84.1 Å². The van der Waals surface area contributed by atoms with Crippen molar-refractivity contribution in [2.75, 3.05) is 0 Å². The molecule has 6 heteroatoms. The van der Waals surface area contributed by atoms with Gasteiger partial charge >= 0.3 is 0 Å². The Bertz CT molecular complexity index is 1290. The van der Waals surface area contributed by atoms with Crippen molar-refractivity contribution in [1.82, 2.24) is 0 Å². The zero-order chi connectivity index (χ0) is 22.4. The Hall–Kier alpha value is -4.06. The second-order valence-electron chi connectivity index (χ2n) is 8.10. The second-order valence-corrected chi connectivity index (χ2v) is 8.10. The van der Waals surface area contributed by atoms with Gasteiger partial charge in [0, 0.05) is 29.2 Å². The Labute approximate surface area is 184 Å². The standard InChI is InChI=1S/C26H19NO5/c1-15-6-8-17(9-7-15)22-14-21(16-10-12-18(13-11-16)27(30)31)23-24(28)19-4-2-3-5-20(19)25(29)26(23)32-22/h2-13,21-22H,14H2,1H3. The lowest BCUT2D eigenvalue weighted by Crippen LogP contribution is -2.32. The smallest absolute Gasteiger partial charge is 0.269 e. The monoisotopic (exact) mass is 425 g/mol. The maximum Gasteiger partial charge on any atom is 0.269 e. The minimum Gasteiger partial charge on any atom is -0.481 e. The Morgan fingerprint density at radius 2 is 1.44 bits per heavy atom. The van der Waals surface area contributed by atoms with Crippen LogP contribution in [0.5, 0.6) is 0 Å². The van der Waals surface area contributed by atoms with E-state index in [2.05, 4.69) is 0 Å². The third kappa shape index (κ3) is 3.21. The van der Waals surface area contributed by atoms with Crippen LogP contribution in [0.3, 0.4) is 0 Å². The van der Waals surface area contributed by atoms with Gasteiger partial charge in [0.05, 0.1) is 10.5 Å². The molecule has 0 amide bonds. The number of hydrogen-bond acceptors (Lipinski definition) is 5. The van der Waals surface area contributed by atoms with E-state index < -0.39 is 16.9 Å². The maximum atomic E-state index is 13.4. The van der Waals surface area contributed by atoms with Gasteiger partial charge in [0.15, 0.2) is 11.5 Å². The summed E-state index contributed by atoms with van der Waals surface area (Å²) in [5, 5.41) is 11.1. The topological polar surface area (TPSA) is 86.5 Å². The molecule has 5 rings (SSSR count). The number of nitrogens with zero attached hydrogens (tertiary/aromatic N) is 1. The van der Waals surface area contributed by atoms with Crippen molar-refractivity contribution in [2.45, 2.75) is 25.4 Å². The van der Waals surface area contributed by atoms with Gasteiger partial charge < -0.3 is 4.74 Å². The highest BCUT2D eigenvalue weighted by Crippen LogP contribution is 2.47. The molecule has 2 atom stereocenters. The van der Waals surface area contributed by atoms with Crippen LogP contribution in [0.25, 0.3) is 0 Å². The first-order valence-corrected chi connectivity index (χ1v) is 10.3. The predicted molar refractivity (Wildman–Crippen MR) is 118 cm³/mol. The number of benzene rings is 3. The Balaban J connectivity index is 1.65. The summed E-state index contributed by atoms with van der Waals surface area (Å²) in [5.41, 5.74) is 3.75. The molecule has 1 heterocycles. The fourth-order valence-electron chi connectivity index (χ4n) is 4.44. The number of ketones is 2. The van der Waals surface area contributed by atoms with Gasteiger partial charge in [-0.25, -0.2) is 0 Å². The summed E-state index contributed by atoms with van der Waals surface area (Å²) in [6.07, 6.45) is 0.0255. The molecule has 0 saturated heterocycles. The van der Waals surface area contributed by atoms with Crippen molar-refractivity contribution >= 4 is 17.3 Å². The molecule has 2 aliphatic rings. The molecule has 158 valence electrons. The molecule has 0 saturated carbocycles. The minimum atomic E-state index is -0.459. The number of ether oxygens (including phenoxy) is 1. The predicted octanol–water partition coefficient (Wildman–Crippen LogP) is 5.48. The molecule has 0 fully saturated rings. The zero-order valence-electron chi connectivity index (χ0n) is 17.3. The van der Waals surface area contributed by atoms with Crippen LogP contribution in [-0.4, -0.2) is 16.5 Å². The van der Waals surface area contributed by atoms with Crippen LogP contribution >= 0.6 is 0 Å². The molecule has 1 aliphatic carbocycles. The number of carbonyl (C=O) groups excluding carboxylic acids is 2. The molecule has 0 N–H and O–H groups in total. The number of rotatable bonds is 3. The quantitative estimate of drug-likeness (QED) is 0.410. The Morgan fingerprint density at radius 3 is 2.06 bits per heavy atom. The Kier molecular flexibility index (Phi) is 4.70. The van der Waals surface area contributed by atoms with Crippen molar-refractivity contribution < 1.29 is 19.2 Å². The number of Topliss-reactive ketones (excluding diaryl/α,β-unsaturated/α-hetero) is 2. The van der Waals surface area contributed by atoms with Gasteiger partial charge in [-0.3, -0.25) is 19.7 Å². The van der Waals surface area contributed by atoms with Crippen LogP contribution in [0.2, 0.25) is 0 Å². The number of hydrogen-bond donors (Lipinski definition) is 0. The molecule has 1 aliphatic heterocycles. The first-order valence-electron chi connectivity index (χ1n) is 10.3. The lowest BCUT2D eigenvalue weighted by molar-refractivity contribution is -0.384.